The number of benzene rings is 2. The summed E-state index contributed by atoms with van der Waals surface area (Å²) in [5.74, 6) is 0. The molecule has 1 aliphatic heterocycles. The molecule has 14 heteroatoms. The number of piperazine rings is 1. The minimum atomic E-state index is -4.95. The van der Waals surface area contributed by atoms with Gasteiger partial charge in [0.1, 0.15) is 0 Å². The number of aliphatic hydroxyl groups is 1. The van der Waals surface area contributed by atoms with Crippen LogP contribution in [0.15, 0.2) is 82.6 Å². The fraction of sp³-hybridized carbons (Fsp3) is 0.414. The Kier molecular flexibility index (Phi) is 9.44. The topological polar surface area (TPSA) is 107 Å². The van der Waals surface area contributed by atoms with Crippen LogP contribution in [0, 0.1) is 0 Å². The van der Waals surface area contributed by atoms with Crippen molar-refractivity contribution in [1.29, 1.82) is 0 Å². The number of thiocarbonyl (C=S) groups is 1. The second-order valence-corrected chi connectivity index (χ2v) is 15.3. The summed E-state index contributed by atoms with van der Waals surface area (Å²) in [6.07, 6.45) is 0.124. The minimum Gasteiger partial charge on any atom is -0.376 e. The summed E-state index contributed by atoms with van der Waals surface area (Å²) >= 11 is 5.34. The summed E-state index contributed by atoms with van der Waals surface area (Å²) in [5, 5.41) is 13.5. The van der Waals surface area contributed by atoms with Gasteiger partial charge in [0.25, 0.3) is 0 Å². The molecule has 1 fully saturated rings. The standard InChI is InChI=1S/C29H34F3N3O5S3/c1-21(2)35(42(37,38)24-9-5-4-6-10-24)20-28(23-15-13-22(14-16-23)27(3,36)29(30,31)32)19-34(18-17-33-28)43(39,40)26-12-8-7-11-25(26)41/h4-10,12-16,21,33,36H,11,17-20H2,1-3H3/t27?,28-/m1/s1. The van der Waals surface area contributed by atoms with Crippen molar-refractivity contribution in [2.24, 2.45) is 0 Å². The summed E-state index contributed by atoms with van der Waals surface area (Å²) in [4.78, 5) is 0.274. The van der Waals surface area contributed by atoms with E-state index in [1.54, 1.807) is 44.2 Å². The Bertz CT molecular complexity index is 1620. The van der Waals surface area contributed by atoms with Crippen LogP contribution in [0.5, 0.6) is 0 Å². The van der Waals surface area contributed by atoms with Gasteiger partial charge < -0.3 is 10.4 Å². The number of allylic oxidation sites excluding steroid dienone is 4. The number of nitrogens with one attached hydrogen (secondary N) is 1. The molecule has 8 nitrogen and oxygen atoms in total. The van der Waals surface area contributed by atoms with Gasteiger partial charge in [-0.2, -0.15) is 21.8 Å². The molecule has 1 aliphatic carbocycles. The van der Waals surface area contributed by atoms with Crippen molar-refractivity contribution < 1.29 is 35.1 Å². The molecule has 0 bridgehead atoms. The van der Waals surface area contributed by atoms with E-state index in [0.717, 1.165) is 12.1 Å². The van der Waals surface area contributed by atoms with E-state index in [4.69, 9.17) is 12.2 Å². The lowest BCUT2D eigenvalue weighted by molar-refractivity contribution is -0.258. The number of hydrogen-bond acceptors (Lipinski definition) is 7. The molecule has 1 saturated heterocycles. The number of rotatable bonds is 9. The maximum atomic E-state index is 13.9. The van der Waals surface area contributed by atoms with Crippen molar-refractivity contribution in [3.63, 3.8) is 0 Å². The number of nitrogens with zero attached hydrogens (tertiary/aromatic N) is 2. The van der Waals surface area contributed by atoms with Gasteiger partial charge in [-0.1, -0.05) is 66.8 Å². The molecule has 2 aliphatic rings. The van der Waals surface area contributed by atoms with Crippen LogP contribution in [-0.4, -0.2) is 73.8 Å². The molecule has 2 aromatic carbocycles. The van der Waals surface area contributed by atoms with E-state index in [2.05, 4.69) is 5.32 Å². The van der Waals surface area contributed by atoms with Crippen LogP contribution in [0.3, 0.4) is 0 Å². The highest BCUT2D eigenvalue weighted by Crippen LogP contribution is 2.40. The average Bonchev–Trinajstić information content (AvgIpc) is 2.96. The molecule has 234 valence electrons. The van der Waals surface area contributed by atoms with Gasteiger partial charge in [-0.15, -0.1) is 0 Å². The predicted octanol–water partition coefficient (Wildman–Crippen LogP) is 4.20. The van der Waals surface area contributed by atoms with Gasteiger partial charge in [-0.05, 0) is 50.1 Å². The lowest BCUT2D eigenvalue weighted by Gasteiger charge is -2.46. The normalized spacial score (nSPS) is 22.1. The van der Waals surface area contributed by atoms with Gasteiger partial charge in [0, 0.05) is 43.5 Å². The van der Waals surface area contributed by atoms with Crippen LogP contribution < -0.4 is 5.32 Å². The first-order valence-electron chi connectivity index (χ1n) is 13.6. The highest BCUT2D eigenvalue weighted by Gasteiger charge is 2.51. The molecular formula is C29H34F3N3O5S3. The highest BCUT2D eigenvalue weighted by molar-refractivity contribution is 7.96. The molecule has 43 heavy (non-hydrogen) atoms. The molecule has 0 saturated carbocycles. The highest BCUT2D eigenvalue weighted by atomic mass is 32.2. The molecule has 0 aromatic heterocycles. The third kappa shape index (κ3) is 6.51. The van der Waals surface area contributed by atoms with E-state index < -0.39 is 49.0 Å². The van der Waals surface area contributed by atoms with Gasteiger partial charge in [0.15, 0.2) is 5.60 Å². The molecular weight excluding hydrogens is 624 g/mol. The maximum Gasteiger partial charge on any atom is 0.421 e. The van der Waals surface area contributed by atoms with E-state index in [0.29, 0.717) is 12.5 Å². The zero-order valence-electron chi connectivity index (χ0n) is 23.9. The summed E-state index contributed by atoms with van der Waals surface area (Å²) in [6.45, 7) is 3.72. The first kappa shape index (κ1) is 33.4. The van der Waals surface area contributed by atoms with Gasteiger partial charge in [-0.25, -0.2) is 16.8 Å². The largest absolute Gasteiger partial charge is 0.421 e. The molecule has 1 unspecified atom stereocenters. The Morgan fingerprint density at radius 3 is 2.26 bits per heavy atom. The van der Waals surface area contributed by atoms with Crippen LogP contribution >= 0.6 is 12.2 Å². The average molecular weight is 658 g/mol. The quantitative estimate of drug-likeness (QED) is 0.390. The van der Waals surface area contributed by atoms with Gasteiger partial charge in [0.2, 0.25) is 20.0 Å². The summed E-state index contributed by atoms with van der Waals surface area (Å²) < 4.78 is 98.5. The fourth-order valence-corrected chi connectivity index (χ4v) is 8.98. The number of halogens is 3. The molecule has 0 amide bonds. The predicted molar refractivity (Wildman–Crippen MR) is 162 cm³/mol. The summed E-state index contributed by atoms with van der Waals surface area (Å²) in [5.41, 5.74) is -4.58. The van der Waals surface area contributed by atoms with Crippen molar-refractivity contribution in [3.8, 4) is 0 Å². The Morgan fingerprint density at radius 2 is 1.70 bits per heavy atom. The zero-order valence-corrected chi connectivity index (χ0v) is 26.3. The Morgan fingerprint density at radius 1 is 1.07 bits per heavy atom. The van der Waals surface area contributed by atoms with Crippen molar-refractivity contribution >= 4 is 37.1 Å². The van der Waals surface area contributed by atoms with Crippen molar-refractivity contribution in [1.82, 2.24) is 13.9 Å². The third-order valence-electron chi connectivity index (χ3n) is 7.75. The number of hydrogen-bond donors (Lipinski definition) is 2. The van der Waals surface area contributed by atoms with Crippen LogP contribution in [0.1, 0.15) is 38.3 Å². The van der Waals surface area contributed by atoms with Crippen LogP contribution in [0.2, 0.25) is 0 Å². The van der Waals surface area contributed by atoms with Gasteiger partial charge in [0.05, 0.1) is 15.3 Å². The smallest absolute Gasteiger partial charge is 0.376 e. The van der Waals surface area contributed by atoms with Crippen LogP contribution in [-0.2, 0) is 31.2 Å². The Balaban J connectivity index is 1.83. The monoisotopic (exact) mass is 657 g/mol. The third-order valence-corrected chi connectivity index (χ3v) is 12.2. The molecule has 1 heterocycles. The lowest BCUT2D eigenvalue weighted by atomic mass is 9.85. The fourth-order valence-electron chi connectivity index (χ4n) is 5.16. The number of alkyl halides is 3. The number of sulfonamides is 2. The first-order valence-corrected chi connectivity index (χ1v) is 16.8. The second kappa shape index (κ2) is 12.1. The molecule has 2 N–H and O–H groups in total. The summed E-state index contributed by atoms with van der Waals surface area (Å²) in [7, 11) is -8.19. The Hall–Kier alpha value is -2.46. The van der Waals surface area contributed by atoms with E-state index in [1.165, 1.54) is 39.0 Å². The Labute approximate surface area is 256 Å². The van der Waals surface area contributed by atoms with Crippen LogP contribution in [0.4, 0.5) is 13.2 Å². The van der Waals surface area contributed by atoms with E-state index in [1.807, 2.05) is 0 Å². The molecule has 4 rings (SSSR count). The van der Waals surface area contributed by atoms with E-state index in [-0.39, 0.29) is 47.3 Å². The van der Waals surface area contributed by atoms with Crippen LogP contribution in [0.25, 0.3) is 0 Å². The SMILES string of the molecule is CC(C)N(C[C@@]1(c2ccc(C(C)(O)C(F)(F)F)cc2)CN(S(=O)(=O)C2=CC=CCC2=S)CCN1)S(=O)(=O)c1ccccc1. The van der Waals surface area contributed by atoms with E-state index >= 15 is 0 Å². The molecule has 0 spiro atoms. The minimum absolute atomic E-state index is 0.0185. The molecule has 2 atom stereocenters. The van der Waals surface area contributed by atoms with Gasteiger partial charge >= 0.3 is 6.18 Å². The van der Waals surface area contributed by atoms with Crippen molar-refractivity contribution in [2.75, 3.05) is 26.2 Å². The first-order chi connectivity index (χ1) is 19.9. The van der Waals surface area contributed by atoms with Crippen molar-refractivity contribution in [2.45, 2.75) is 55.4 Å². The van der Waals surface area contributed by atoms with Gasteiger partial charge in [-0.3, -0.25) is 0 Å². The lowest BCUT2D eigenvalue weighted by Crippen LogP contribution is -2.64. The zero-order chi connectivity index (χ0) is 31.8. The molecule has 0 radical (unpaired) electrons. The maximum absolute atomic E-state index is 13.9. The summed E-state index contributed by atoms with van der Waals surface area (Å²) in [6, 6.07) is 12.2. The van der Waals surface area contributed by atoms with E-state index in [9.17, 15) is 35.1 Å². The van der Waals surface area contributed by atoms with Crippen molar-refractivity contribution in [3.05, 3.63) is 88.9 Å². The second-order valence-electron chi connectivity index (χ2n) is 11.0. The molecule has 2 aromatic rings.